The molecule has 3 aliphatic rings. The van der Waals surface area contributed by atoms with Gasteiger partial charge in [-0.2, -0.15) is 0 Å². The molecule has 0 aromatic heterocycles. The fourth-order valence-electron chi connectivity index (χ4n) is 4.09. The Morgan fingerprint density at radius 1 is 0.594 bits per heavy atom. The summed E-state index contributed by atoms with van der Waals surface area (Å²) in [5.74, 6) is 0. The van der Waals surface area contributed by atoms with E-state index < -0.39 is 0 Å². The first kappa shape index (κ1) is 22.4. The van der Waals surface area contributed by atoms with E-state index >= 15 is 0 Å². The van der Waals surface area contributed by atoms with Crippen molar-refractivity contribution in [3.05, 3.63) is 36.4 Å². The van der Waals surface area contributed by atoms with Crippen LogP contribution in [0.25, 0.3) is 0 Å². The average molecular weight is 451 g/mol. The van der Waals surface area contributed by atoms with Gasteiger partial charge in [0.25, 0.3) is 0 Å². The van der Waals surface area contributed by atoms with Gasteiger partial charge in [0.15, 0.2) is 0 Å². The smallest absolute Gasteiger partial charge is 0.399 e. The first-order chi connectivity index (χ1) is 14.8. The van der Waals surface area contributed by atoms with E-state index in [1.54, 1.807) is 0 Å². The Balaban J connectivity index is 1.40. The van der Waals surface area contributed by atoms with Gasteiger partial charge in [0.2, 0.25) is 0 Å². The standard InChI is InChI=1S/C24H32B2NO4P/c1-21(2)22(3,4)29-25(28-21)15-9-11-17-19(13-15)32-20-14-16(10-12-18(20)27-17)26-30-23(5,6)24(7,8)31-26/h9-14,27,32H,1-8H3. The molecule has 0 saturated carbocycles. The Labute approximate surface area is 194 Å². The minimum atomic E-state index is -0.354. The number of rotatable bonds is 2. The molecule has 0 radical (unpaired) electrons. The van der Waals surface area contributed by atoms with Crippen molar-refractivity contribution in [2.45, 2.75) is 77.8 Å². The number of nitrogens with one attached hydrogen (secondary N) is 1. The molecular formula is C24H32B2NO4P. The van der Waals surface area contributed by atoms with Crippen LogP contribution in [0.3, 0.4) is 0 Å². The van der Waals surface area contributed by atoms with Crippen molar-refractivity contribution in [2.24, 2.45) is 0 Å². The van der Waals surface area contributed by atoms with Crippen LogP contribution in [0.5, 0.6) is 0 Å². The molecule has 0 unspecified atom stereocenters. The Bertz CT molecular complexity index is 970. The number of hydrogen-bond donors (Lipinski definition) is 1. The number of benzene rings is 2. The van der Waals surface area contributed by atoms with Crippen LogP contribution in [-0.4, -0.2) is 36.6 Å². The number of fused-ring (bicyclic) bond motifs is 2. The molecule has 2 aromatic rings. The summed E-state index contributed by atoms with van der Waals surface area (Å²) in [4.78, 5) is 0. The molecular weight excluding hydrogens is 419 g/mol. The van der Waals surface area contributed by atoms with Crippen LogP contribution >= 0.6 is 8.58 Å². The van der Waals surface area contributed by atoms with Gasteiger partial charge in [-0.15, -0.1) is 0 Å². The normalized spacial score (nSPS) is 24.1. The molecule has 8 heteroatoms. The molecule has 32 heavy (non-hydrogen) atoms. The Kier molecular flexibility index (Phi) is 4.96. The summed E-state index contributed by atoms with van der Waals surface area (Å²) >= 11 is 0. The van der Waals surface area contributed by atoms with E-state index in [-0.39, 0.29) is 36.6 Å². The lowest BCUT2D eigenvalue weighted by atomic mass is 9.79. The first-order valence-corrected chi connectivity index (χ1v) is 12.3. The fraction of sp³-hybridized carbons (Fsp3) is 0.500. The zero-order valence-electron chi connectivity index (χ0n) is 20.3. The minimum absolute atomic E-state index is 0.349. The van der Waals surface area contributed by atoms with Gasteiger partial charge in [-0.25, -0.2) is 0 Å². The van der Waals surface area contributed by atoms with Gasteiger partial charge in [-0.1, -0.05) is 32.8 Å². The predicted molar refractivity (Wildman–Crippen MR) is 135 cm³/mol. The summed E-state index contributed by atoms with van der Waals surface area (Å²) in [7, 11) is -0.180. The topological polar surface area (TPSA) is 49.0 Å². The highest BCUT2D eigenvalue weighted by atomic mass is 31.1. The van der Waals surface area contributed by atoms with Crippen LogP contribution < -0.4 is 26.9 Å². The van der Waals surface area contributed by atoms with Crippen molar-refractivity contribution in [1.29, 1.82) is 0 Å². The van der Waals surface area contributed by atoms with Crippen molar-refractivity contribution in [1.82, 2.24) is 0 Å². The van der Waals surface area contributed by atoms with Gasteiger partial charge < -0.3 is 23.9 Å². The zero-order chi connectivity index (χ0) is 23.1. The zero-order valence-corrected chi connectivity index (χ0v) is 21.3. The van der Waals surface area contributed by atoms with E-state index in [0.29, 0.717) is 8.58 Å². The van der Waals surface area contributed by atoms with Gasteiger partial charge >= 0.3 is 14.2 Å². The lowest BCUT2D eigenvalue weighted by molar-refractivity contribution is 0.00578. The highest BCUT2D eigenvalue weighted by Gasteiger charge is 2.53. The summed E-state index contributed by atoms with van der Waals surface area (Å²) in [6, 6.07) is 12.9. The van der Waals surface area contributed by atoms with Crippen molar-refractivity contribution >= 4 is 55.7 Å². The first-order valence-electron chi connectivity index (χ1n) is 11.3. The van der Waals surface area contributed by atoms with Crippen LogP contribution in [0.15, 0.2) is 36.4 Å². The van der Waals surface area contributed by atoms with Gasteiger partial charge in [0.1, 0.15) is 0 Å². The second kappa shape index (κ2) is 7.07. The highest BCUT2D eigenvalue weighted by molar-refractivity contribution is 7.56. The van der Waals surface area contributed by atoms with Crippen LogP contribution in [0.4, 0.5) is 11.4 Å². The molecule has 3 aliphatic heterocycles. The van der Waals surface area contributed by atoms with Gasteiger partial charge in [-0.05, 0) is 78.4 Å². The molecule has 3 heterocycles. The molecule has 0 bridgehead atoms. The monoisotopic (exact) mass is 451 g/mol. The van der Waals surface area contributed by atoms with Gasteiger partial charge in [-0.3, -0.25) is 0 Å². The SMILES string of the molecule is CC1(C)OB(c2ccc3c(c2)Pc2cc(B4OC(C)(C)C(C)(C)O4)ccc2N3)OC1(C)C. The van der Waals surface area contributed by atoms with E-state index in [2.05, 4.69) is 97.1 Å². The maximum absolute atomic E-state index is 6.26. The molecule has 0 amide bonds. The predicted octanol–water partition coefficient (Wildman–Crippen LogP) is 2.97. The summed E-state index contributed by atoms with van der Waals surface area (Å²) in [5.41, 5.74) is 3.00. The maximum atomic E-state index is 6.26. The van der Waals surface area contributed by atoms with Crippen molar-refractivity contribution < 1.29 is 18.6 Å². The largest absolute Gasteiger partial charge is 0.494 e. The third-order valence-corrected chi connectivity index (χ3v) is 9.04. The molecule has 168 valence electrons. The molecule has 0 spiro atoms. The molecule has 0 aliphatic carbocycles. The van der Waals surface area contributed by atoms with E-state index in [4.69, 9.17) is 18.6 Å². The third kappa shape index (κ3) is 3.54. The third-order valence-electron chi connectivity index (χ3n) is 7.68. The molecule has 5 nitrogen and oxygen atoms in total. The lowest BCUT2D eigenvalue weighted by Crippen LogP contribution is -2.41. The summed E-state index contributed by atoms with van der Waals surface area (Å²) in [6.07, 6.45) is 0. The number of anilines is 2. The van der Waals surface area contributed by atoms with Crippen LogP contribution in [0, 0.1) is 0 Å². The molecule has 1 N–H and O–H groups in total. The van der Waals surface area contributed by atoms with E-state index in [1.165, 1.54) is 10.6 Å². The van der Waals surface area contributed by atoms with E-state index in [9.17, 15) is 0 Å². The average Bonchev–Trinajstić information content (AvgIpc) is 3.05. The molecule has 2 aromatic carbocycles. The fourth-order valence-corrected chi connectivity index (χ4v) is 5.42. The molecule has 2 saturated heterocycles. The summed E-state index contributed by atoms with van der Waals surface area (Å²) < 4.78 is 25.1. The quantitative estimate of drug-likeness (QED) is 0.480. The van der Waals surface area contributed by atoms with Crippen molar-refractivity contribution in [3.63, 3.8) is 0 Å². The lowest BCUT2D eigenvalue weighted by Gasteiger charge is -2.32. The van der Waals surface area contributed by atoms with E-state index in [0.717, 1.165) is 22.3 Å². The Morgan fingerprint density at radius 2 is 0.938 bits per heavy atom. The summed E-state index contributed by atoms with van der Waals surface area (Å²) in [5, 5.41) is 6.10. The highest BCUT2D eigenvalue weighted by Crippen LogP contribution is 2.38. The second-order valence-corrected chi connectivity index (χ2v) is 12.4. The maximum Gasteiger partial charge on any atom is 0.494 e. The Morgan fingerprint density at radius 3 is 1.28 bits per heavy atom. The van der Waals surface area contributed by atoms with Gasteiger partial charge in [0.05, 0.1) is 22.4 Å². The Hall–Kier alpha value is -1.36. The molecule has 5 rings (SSSR count). The van der Waals surface area contributed by atoms with Crippen LogP contribution in [0.1, 0.15) is 55.4 Å². The van der Waals surface area contributed by atoms with Crippen molar-refractivity contribution in [3.8, 4) is 0 Å². The number of hydrogen-bond acceptors (Lipinski definition) is 5. The van der Waals surface area contributed by atoms with Crippen LogP contribution in [0.2, 0.25) is 0 Å². The van der Waals surface area contributed by atoms with Gasteiger partial charge in [0, 0.05) is 22.0 Å². The second-order valence-electron chi connectivity index (χ2n) is 11.0. The van der Waals surface area contributed by atoms with Crippen molar-refractivity contribution in [2.75, 3.05) is 5.32 Å². The molecule has 2 fully saturated rings. The minimum Gasteiger partial charge on any atom is -0.399 e. The summed E-state index contributed by atoms with van der Waals surface area (Å²) in [6.45, 7) is 16.7. The van der Waals surface area contributed by atoms with E-state index in [1.807, 2.05) is 0 Å². The molecule has 0 atom stereocenters. The van der Waals surface area contributed by atoms with Crippen LogP contribution in [-0.2, 0) is 18.6 Å².